The number of fused-ring (bicyclic) bond motifs is 1. The van der Waals surface area contributed by atoms with Gasteiger partial charge in [0.2, 0.25) is 5.91 Å². The number of carbonyl (C=O) groups is 2. The number of urea groups is 1. The van der Waals surface area contributed by atoms with Crippen LogP contribution in [0.25, 0.3) is 11.0 Å². The SMILES string of the molecule is Cc1nc2ccccc2n1CCNC(=O)CC(NC(N)=O)c1cccs1. The molecule has 2 aromatic heterocycles. The first-order valence-electron chi connectivity index (χ1n) is 8.32. The number of rotatable bonds is 7. The van der Waals surface area contributed by atoms with Crippen LogP contribution in [0.5, 0.6) is 0 Å². The van der Waals surface area contributed by atoms with Crippen LogP contribution in [0, 0.1) is 6.92 Å². The van der Waals surface area contributed by atoms with Gasteiger partial charge in [-0.15, -0.1) is 11.3 Å². The molecule has 0 fully saturated rings. The predicted octanol–water partition coefficient (Wildman–Crippen LogP) is 2.32. The van der Waals surface area contributed by atoms with Crippen LogP contribution in [0.2, 0.25) is 0 Å². The largest absolute Gasteiger partial charge is 0.354 e. The molecular weight excluding hydrogens is 350 g/mol. The molecule has 0 spiro atoms. The third-order valence-electron chi connectivity index (χ3n) is 4.10. The molecular formula is C18H21N5O2S. The van der Waals surface area contributed by atoms with E-state index in [2.05, 4.69) is 20.2 Å². The summed E-state index contributed by atoms with van der Waals surface area (Å²) in [6.45, 7) is 3.06. The quantitative estimate of drug-likeness (QED) is 0.594. The van der Waals surface area contributed by atoms with E-state index in [4.69, 9.17) is 5.73 Å². The van der Waals surface area contributed by atoms with Crippen LogP contribution in [0.3, 0.4) is 0 Å². The number of nitrogens with two attached hydrogens (primary N) is 1. The number of imidazole rings is 1. The first-order valence-corrected chi connectivity index (χ1v) is 9.20. The zero-order chi connectivity index (χ0) is 18.5. The van der Waals surface area contributed by atoms with Gasteiger partial charge in [0.05, 0.1) is 23.5 Å². The molecule has 8 heteroatoms. The highest BCUT2D eigenvalue weighted by molar-refractivity contribution is 7.10. The Balaban J connectivity index is 1.58. The number of amides is 3. The van der Waals surface area contributed by atoms with Crippen LogP contribution in [0.1, 0.15) is 23.2 Å². The van der Waals surface area contributed by atoms with Gasteiger partial charge in [0.1, 0.15) is 5.82 Å². The van der Waals surface area contributed by atoms with E-state index in [1.54, 1.807) is 0 Å². The number of aromatic nitrogens is 2. The van der Waals surface area contributed by atoms with Gasteiger partial charge in [0.25, 0.3) is 0 Å². The number of para-hydroxylation sites is 2. The van der Waals surface area contributed by atoms with Crippen LogP contribution in [0.4, 0.5) is 4.79 Å². The van der Waals surface area contributed by atoms with Gasteiger partial charge < -0.3 is 20.9 Å². The Labute approximate surface area is 155 Å². The molecule has 2 heterocycles. The van der Waals surface area contributed by atoms with E-state index in [1.807, 2.05) is 48.7 Å². The third-order valence-corrected chi connectivity index (χ3v) is 5.08. The molecule has 0 radical (unpaired) electrons. The summed E-state index contributed by atoms with van der Waals surface area (Å²) in [5, 5.41) is 7.43. The lowest BCUT2D eigenvalue weighted by atomic mass is 10.1. The van der Waals surface area contributed by atoms with Crippen LogP contribution < -0.4 is 16.4 Å². The standard InChI is InChI=1S/C18H21N5O2S/c1-12-21-13-5-2-3-6-15(13)23(12)9-8-20-17(24)11-14(22-18(19)25)16-7-4-10-26-16/h2-7,10,14H,8-9,11H2,1H3,(H,20,24)(H3,19,22,25). The van der Waals surface area contributed by atoms with E-state index < -0.39 is 12.1 Å². The van der Waals surface area contributed by atoms with Crippen molar-refractivity contribution in [2.24, 2.45) is 5.73 Å². The van der Waals surface area contributed by atoms with E-state index in [9.17, 15) is 9.59 Å². The minimum atomic E-state index is -0.642. The van der Waals surface area contributed by atoms with E-state index in [0.29, 0.717) is 13.1 Å². The second-order valence-electron chi connectivity index (χ2n) is 5.93. The predicted molar refractivity (Wildman–Crippen MR) is 102 cm³/mol. The summed E-state index contributed by atoms with van der Waals surface area (Å²) in [6, 6.07) is 10.6. The molecule has 0 aliphatic carbocycles. The van der Waals surface area contributed by atoms with Gasteiger partial charge in [0.15, 0.2) is 0 Å². The molecule has 0 aliphatic rings. The van der Waals surface area contributed by atoms with Crippen molar-refractivity contribution < 1.29 is 9.59 Å². The van der Waals surface area contributed by atoms with Gasteiger partial charge in [-0.1, -0.05) is 18.2 Å². The molecule has 4 N–H and O–H groups in total. The van der Waals surface area contributed by atoms with Crippen molar-refractivity contribution in [2.45, 2.75) is 25.9 Å². The zero-order valence-corrected chi connectivity index (χ0v) is 15.3. The Morgan fingerprint density at radius 2 is 2.08 bits per heavy atom. The summed E-state index contributed by atoms with van der Waals surface area (Å²) >= 11 is 1.48. The van der Waals surface area contributed by atoms with Gasteiger partial charge >= 0.3 is 6.03 Å². The molecule has 0 aliphatic heterocycles. The summed E-state index contributed by atoms with van der Waals surface area (Å²) in [4.78, 5) is 28.9. The lowest BCUT2D eigenvalue weighted by Gasteiger charge is -2.16. The minimum absolute atomic E-state index is 0.140. The van der Waals surface area contributed by atoms with Crippen molar-refractivity contribution in [1.29, 1.82) is 0 Å². The highest BCUT2D eigenvalue weighted by atomic mass is 32.1. The fourth-order valence-electron chi connectivity index (χ4n) is 2.93. The van der Waals surface area contributed by atoms with Crippen molar-refractivity contribution in [1.82, 2.24) is 20.2 Å². The van der Waals surface area contributed by atoms with E-state index >= 15 is 0 Å². The van der Waals surface area contributed by atoms with Crippen molar-refractivity contribution in [2.75, 3.05) is 6.54 Å². The normalized spacial score (nSPS) is 12.0. The van der Waals surface area contributed by atoms with Crippen molar-refractivity contribution in [3.8, 4) is 0 Å². The molecule has 3 rings (SSSR count). The number of nitrogens with zero attached hydrogens (tertiary/aromatic N) is 2. The van der Waals surface area contributed by atoms with Crippen molar-refractivity contribution >= 4 is 34.3 Å². The molecule has 3 aromatic rings. The molecule has 0 saturated carbocycles. The summed E-state index contributed by atoms with van der Waals surface area (Å²) < 4.78 is 2.08. The minimum Gasteiger partial charge on any atom is -0.354 e. The molecule has 1 atom stereocenters. The number of thiophene rings is 1. The summed E-state index contributed by atoms with van der Waals surface area (Å²) in [5.74, 6) is 0.770. The monoisotopic (exact) mass is 371 g/mol. The van der Waals surface area contributed by atoms with Gasteiger partial charge in [-0.3, -0.25) is 4.79 Å². The lowest BCUT2D eigenvalue weighted by molar-refractivity contribution is -0.121. The van der Waals surface area contributed by atoms with Crippen molar-refractivity contribution in [3.63, 3.8) is 0 Å². The first-order chi connectivity index (χ1) is 12.5. The van der Waals surface area contributed by atoms with Crippen LogP contribution >= 0.6 is 11.3 Å². The number of benzene rings is 1. The van der Waals surface area contributed by atoms with Gasteiger partial charge in [0, 0.05) is 18.0 Å². The number of nitrogens with one attached hydrogen (secondary N) is 2. The lowest BCUT2D eigenvalue weighted by Crippen LogP contribution is -2.37. The molecule has 3 amide bonds. The average Bonchev–Trinajstić information content (AvgIpc) is 3.22. The smallest absolute Gasteiger partial charge is 0.312 e. The summed E-state index contributed by atoms with van der Waals surface area (Å²) in [6.07, 6.45) is 0.146. The summed E-state index contributed by atoms with van der Waals surface area (Å²) in [5.41, 5.74) is 7.21. The Hall–Kier alpha value is -2.87. The number of hydrogen-bond donors (Lipinski definition) is 3. The molecule has 7 nitrogen and oxygen atoms in total. The summed E-state index contributed by atoms with van der Waals surface area (Å²) in [7, 11) is 0. The fraction of sp³-hybridized carbons (Fsp3) is 0.278. The molecule has 0 saturated heterocycles. The number of aryl methyl sites for hydroxylation is 1. The maximum Gasteiger partial charge on any atom is 0.312 e. The highest BCUT2D eigenvalue weighted by Crippen LogP contribution is 2.21. The Morgan fingerprint density at radius 3 is 2.81 bits per heavy atom. The molecule has 26 heavy (non-hydrogen) atoms. The molecule has 0 bridgehead atoms. The van der Waals surface area contributed by atoms with Crippen LogP contribution in [-0.4, -0.2) is 28.0 Å². The Kier molecular flexibility index (Phi) is 5.52. The van der Waals surface area contributed by atoms with E-state index in [0.717, 1.165) is 21.7 Å². The highest BCUT2D eigenvalue weighted by Gasteiger charge is 2.18. The van der Waals surface area contributed by atoms with Gasteiger partial charge in [-0.05, 0) is 30.5 Å². The Morgan fingerprint density at radius 1 is 1.27 bits per heavy atom. The van der Waals surface area contributed by atoms with E-state index in [1.165, 1.54) is 11.3 Å². The molecule has 136 valence electrons. The second kappa shape index (κ2) is 8.01. The number of primary amides is 1. The maximum atomic E-state index is 12.3. The third kappa shape index (κ3) is 4.20. The Bertz CT molecular complexity index is 904. The first kappa shape index (κ1) is 17.9. The number of carbonyl (C=O) groups excluding carboxylic acids is 2. The number of hydrogen-bond acceptors (Lipinski definition) is 4. The van der Waals surface area contributed by atoms with Crippen LogP contribution in [0.15, 0.2) is 41.8 Å². The molecule has 1 aromatic carbocycles. The van der Waals surface area contributed by atoms with Crippen molar-refractivity contribution in [3.05, 3.63) is 52.5 Å². The van der Waals surface area contributed by atoms with Gasteiger partial charge in [-0.25, -0.2) is 9.78 Å². The van der Waals surface area contributed by atoms with Gasteiger partial charge in [-0.2, -0.15) is 0 Å². The molecule has 1 unspecified atom stereocenters. The second-order valence-corrected chi connectivity index (χ2v) is 6.91. The average molecular weight is 371 g/mol. The van der Waals surface area contributed by atoms with E-state index in [-0.39, 0.29) is 12.3 Å². The fourth-order valence-corrected chi connectivity index (χ4v) is 3.70. The maximum absolute atomic E-state index is 12.3. The topological polar surface area (TPSA) is 102 Å². The van der Waals surface area contributed by atoms with Crippen LogP contribution in [-0.2, 0) is 11.3 Å². The zero-order valence-electron chi connectivity index (χ0n) is 14.4.